The van der Waals surface area contributed by atoms with Crippen molar-refractivity contribution in [2.24, 2.45) is 21.7 Å². The average Bonchev–Trinajstić information content (AvgIpc) is 2.47. The van der Waals surface area contributed by atoms with Crippen molar-refractivity contribution in [1.29, 1.82) is 0 Å². The number of hydrogen-bond donors (Lipinski definition) is 3. The Labute approximate surface area is 127 Å². The zero-order valence-electron chi connectivity index (χ0n) is 11.8. The van der Waals surface area contributed by atoms with Crippen molar-refractivity contribution in [3.8, 4) is 11.1 Å². The third kappa shape index (κ3) is 4.45. The van der Waals surface area contributed by atoms with E-state index in [1.165, 1.54) is 0 Å². The highest BCUT2D eigenvalue weighted by atomic mass is 16.4. The van der Waals surface area contributed by atoms with Gasteiger partial charge in [0, 0.05) is 0 Å². The molecule has 0 radical (unpaired) electrons. The van der Waals surface area contributed by atoms with Crippen molar-refractivity contribution >= 4 is 18.1 Å². The van der Waals surface area contributed by atoms with Gasteiger partial charge in [-0.05, 0) is 22.3 Å². The Morgan fingerprint density at radius 2 is 1.82 bits per heavy atom. The van der Waals surface area contributed by atoms with Crippen LogP contribution in [0, 0.1) is 0 Å². The van der Waals surface area contributed by atoms with Crippen LogP contribution >= 0.6 is 0 Å². The number of carbonyl (C=O) groups is 1. The van der Waals surface area contributed by atoms with E-state index in [1.54, 1.807) is 12.3 Å². The maximum Gasteiger partial charge on any atom is 0.307 e. The molecule has 22 heavy (non-hydrogen) atoms. The van der Waals surface area contributed by atoms with Crippen molar-refractivity contribution < 1.29 is 9.90 Å². The molecule has 0 fully saturated rings. The Balaban J connectivity index is 2.18. The van der Waals surface area contributed by atoms with E-state index in [-0.39, 0.29) is 12.4 Å². The summed E-state index contributed by atoms with van der Waals surface area (Å²) in [5.74, 6) is -0.938. The first-order valence-corrected chi connectivity index (χ1v) is 6.58. The molecule has 2 aromatic rings. The summed E-state index contributed by atoms with van der Waals surface area (Å²) in [6.07, 6.45) is 1.56. The molecule has 0 bridgehead atoms. The molecule has 0 aliphatic rings. The molecular formula is C16H16N4O2. The molecule has 0 saturated carbocycles. The Morgan fingerprint density at radius 1 is 1.09 bits per heavy atom. The molecule has 0 unspecified atom stereocenters. The van der Waals surface area contributed by atoms with Gasteiger partial charge in [-0.2, -0.15) is 5.10 Å². The molecule has 2 rings (SSSR count). The number of guanidine groups is 1. The molecule has 0 aromatic heterocycles. The van der Waals surface area contributed by atoms with E-state index in [0.29, 0.717) is 0 Å². The van der Waals surface area contributed by atoms with Crippen molar-refractivity contribution in [3.05, 3.63) is 59.7 Å². The molecule has 0 heterocycles. The fraction of sp³-hybridized carbons (Fsp3) is 0.0625. The lowest BCUT2D eigenvalue weighted by molar-refractivity contribution is -0.136. The number of rotatable bonds is 5. The second-order valence-corrected chi connectivity index (χ2v) is 4.66. The minimum absolute atomic E-state index is 0.0110. The summed E-state index contributed by atoms with van der Waals surface area (Å²) >= 11 is 0. The third-order valence-corrected chi connectivity index (χ3v) is 2.91. The lowest BCUT2D eigenvalue weighted by Gasteiger charge is -2.04. The molecule has 0 aliphatic heterocycles. The first kappa shape index (κ1) is 15.2. The van der Waals surface area contributed by atoms with E-state index >= 15 is 0 Å². The number of aliphatic carboxylic acids is 1. The van der Waals surface area contributed by atoms with Crippen LogP contribution in [0.2, 0.25) is 0 Å². The van der Waals surface area contributed by atoms with Gasteiger partial charge in [-0.1, -0.05) is 48.5 Å². The maximum atomic E-state index is 10.8. The standard InChI is InChI=1S/C16H16N4O2/c17-16(18)20-19-10-11-4-6-13(7-5-11)14-3-1-2-12(8-14)9-15(21)22/h1-8,10H,9H2,(H,21,22)(H4,17,18,20). The monoisotopic (exact) mass is 296 g/mol. The van der Waals surface area contributed by atoms with Gasteiger partial charge >= 0.3 is 5.97 Å². The van der Waals surface area contributed by atoms with Crippen LogP contribution in [0.25, 0.3) is 11.1 Å². The van der Waals surface area contributed by atoms with Gasteiger partial charge in [-0.3, -0.25) is 4.79 Å². The molecule has 6 nitrogen and oxygen atoms in total. The summed E-state index contributed by atoms with van der Waals surface area (Å²) in [7, 11) is 0. The minimum atomic E-state index is -0.844. The van der Waals surface area contributed by atoms with E-state index in [9.17, 15) is 4.79 Å². The van der Waals surface area contributed by atoms with Gasteiger partial charge in [0.05, 0.1) is 12.6 Å². The van der Waals surface area contributed by atoms with Crippen molar-refractivity contribution in [1.82, 2.24) is 0 Å². The zero-order chi connectivity index (χ0) is 15.9. The second-order valence-electron chi connectivity index (χ2n) is 4.66. The van der Waals surface area contributed by atoms with Crippen LogP contribution in [0.5, 0.6) is 0 Å². The summed E-state index contributed by atoms with van der Waals surface area (Å²) in [5, 5.41) is 16.1. The predicted molar refractivity (Wildman–Crippen MR) is 86.6 cm³/mol. The third-order valence-electron chi connectivity index (χ3n) is 2.91. The molecule has 0 saturated heterocycles. The number of benzene rings is 2. The highest BCUT2D eigenvalue weighted by molar-refractivity contribution is 5.82. The molecule has 0 amide bonds. The Hall–Kier alpha value is -3.15. The molecule has 0 atom stereocenters. The average molecular weight is 296 g/mol. The predicted octanol–water partition coefficient (Wildman–Crippen LogP) is 1.59. The van der Waals surface area contributed by atoms with Crippen molar-refractivity contribution in [3.63, 3.8) is 0 Å². The van der Waals surface area contributed by atoms with Crippen molar-refractivity contribution in [2.75, 3.05) is 0 Å². The molecule has 0 aliphatic carbocycles. The first-order valence-electron chi connectivity index (χ1n) is 6.58. The van der Waals surface area contributed by atoms with E-state index in [2.05, 4.69) is 10.2 Å². The fourth-order valence-electron chi connectivity index (χ4n) is 1.96. The van der Waals surface area contributed by atoms with Gasteiger partial charge < -0.3 is 16.6 Å². The highest BCUT2D eigenvalue weighted by Crippen LogP contribution is 2.21. The van der Waals surface area contributed by atoms with E-state index in [0.717, 1.165) is 22.3 Å². The quantitative estimate of drug-likeness (QED) is 0.441. The zero-order valence-corrected chi connectivity index (χ0v) is 11.8. The number of hydrogen-bond acceptors (Lipinski definition) is 3. The van der Waals surface area contributed by atoms with Crippen LogP contribution in [0.15, 0.2) is 58.7 Å². The number of nitrogens with two attached hydrogens (primary N) is 2. The van der Waals surface area contributed by atoms with Crippen LogP contribution < -0.4 is 11.5 Å². The number of carboxylic acid groups (broad SMARTS) is 1. The SMILES string of the molecule is NC(N)=NN=Cc1ccc(-c2cccc(CC(=O)O)c2)cc1. The molecule has 0 spiro atoms. The molecular weight excluding hydrogens is 280 g/mol. The summed E-state index contributed by atoms with van der Waals surface area (Å²) in [6.45, 7) is 0. The summed E-state index contributed by atoms with van der Waals surface area (Å²) in [4.78, 5) is 10.8. The lowest BCUT2D eigenvalue weighted by atomic mass is 10.0. The van der Waals surface area contributed by atoms with Crippen LogP contribution in [0.4, 0.5) is 0 Å². The van der Waals surface area contributed by atoms with Crippen LogP contribution in [0.3, 0.4) is 0 Å². The number of nitrogens with zero attached hydrogens (tertiary/aromatic N) is 2. The molecule has 6 heteroatoms. The Kier molecular flexibility index (Phi) is 4.87. The molecule has 2 aromatic carbocycles. The van der Waals surface area contributed by atoms with Crippen LogP contribution in [0.1, 0.15) is 11.1 Å². The van der Waals surface area contributed by atoms with Gasteiger partial charge in [-0.15, -0.1) is 5.10 Å². The Morgan fingerprint density at radius 3 is 2.45 bits per heavy atom. The smallest absolute Gasteiger partial charge is 0.307 e. The summed E-state index contributed by atoms with van der Waals surface area (Å²) in [5.41, 5.74) is 13.9. The minimum Gasteiger partial charge on any atom is -0.481 e. The normalized spacial score (nSPS) is 10.5. The van der Waals surface area contributed by atoms with Gasteiger partial charge in [-0.25, -0.2) is 0 Å². The van der Waals surface area contributed by atoms with Gasteiger partial charge in [0.15, 0.2) is 0 Å². The topological polar surface area (TPSA) is 114 Å². The Bertz CT molecular complexity index is 717. The van der Waals surface area contributed by atoms with E-state index in [1.807, 2.05) is 42.5 Å². The number of carboxylic acids is 1. The molecule has 112 valence electrons. The molecule has 5 N–H and O–H groups in total. The summed E-state index contributed by atoms with van der Waals surface area (Å²) in [6, 6.07) is 15.1. The van der Waals surface area contributed by atoms with Crippen LogP contribution in [-0.2, 0) is 11.2 Å². The van der Waals surface area contributed by atoms with Crippen LogP contribution in [-0.4, -0.2) is 23.2 Å². The fourth-order valence-corrected chi connectivity index (χ4v) is 1.96. The van der Waals surface area contributed by atoms with E-state index in [4.69, 9.17) is 16.6 Å². The maximum absolute atomic E-state index is 10.8. The van der Waals surface area contributed by atoms with Gasteiger partial charge in [0.25, 0.3) is 0 Å². The summed E-state index contributed by atoms with van der Waals surface area (Å²) < 4.78 is 0. The van der Waals surface area contributed by atoms with Crippen molar-refractivity contribution in [2.45, 2.75) is 6.42 Å². The largest absolute Gasteiger partial charge is 0.481 e. The van der Waals surface area contributed by atoms with Gasteiger partial charge in [0.2, 0.25) is 5.96 Å². The van der Waals surface area contributed by atoms with Gasteiger partial charge in [0.1, 0.15) is 0 Å². The second kappa shape index (κ2) is 7.03. The van der Waals surface area contributed by atoms with E-state index < -0.39 is 5.97 Å². The first-order chi connectivity index (χ1) is 10.5. The highest BCUT2D eigenvalue weighted by Gasteiger charge is 2.03. The lowest BCUT2D eigenvalue weighted by Crippen LogP contribution is -2.21.